The number of nitrogens with zero attached hydrogens (tertiary/aromatic N) is 3. The summed E-state index contributed by atoms with van der Waals surface area (Å²) in [4.78, 5) is 16.0. The number of aromatic nitrogens is 2. The summed E-state index contributed by atoms with van der Waals surface area (Å²) < 4.78 is 1.93. The van der Waals surface area contributed by atoms with Gasteiger partial charge in [-0.05, 0) is 6.07 Å². The molecular formula is C23H21N3O3. The van der Waals surface area contributed by atoms with Gasteiger partial charge in [0.15, 0.2) is 0 Å². The summed E-state index contributed by atoms with van der Waals surface area (Å²) in [6.07, 6.45) is 0. The molecule has 6 heteroatoms. The SMILES string of the molecule is CO.Cn1c(-c2ccccc2[N+](=O)[O-])nc(-c2ccccc2)c1-c1ccccc1. The molecule has 6 nitrogen and oxygen atoms in total. The third-order valence-corrected chi connectivity index (χ3v) is 4.53. The molecule has 0 unspecified atom stereocenters. The lowest BCUT2D eigenvalue weighted by atomic mass is 10.1. The van der Waals surface area contributed by atoms with E-state index in [1.807, 2.05) is 72.3 Å². The van der Waals surface area contributed by atoms with Gasteiger partial charge in [-0.3, -0.25) is 10.1 Å². The highest BCUT2D eigenvalue weighted by molar-refractivity contribution is 5.83. The molecule has 1 heterocycles. The van der Waals surface area contributed by atoms with Gasteiger partial charge in [0.05, 0.1) is 21.9 Å². The van der Waals surface area contributed by atoms with Crippen LogP contribution >= 0.6 is 0 Å². The predicted octanol–water partition coefficient (Wildman–Crippen LogP) is 4.94. The number of aliphatic hydroxyl groups excluding tert-OH is 1. The van der Waals surface area contributed by atoms with Crippen LogP contribution in [0.3, 0.4) is 0 Å². The van der Waals surface area contributed by atoms with Gasteiger partial charge in [0, 0.05) is 31.4 Å². The van der Waals surface area contributed by atoms with Crippen molar-refractivity contribution in [1.82, 2.24) is 9.55 Å². The summed E-state index contributed by atoms with van der Waals surface area (Å²) in [5, 5.41) is 18.5. The molecule has 0 radical (unpaired) electrons. The molecule has 0 spiro atoms. The number of para-hydroxylation sites is 1. The molecule has 29 heavy (non-hydrogen) atoms. The number of imidazole rings is 1. The van der Waals surface area contributed by atoms with Crippen LogP contribution in [0.1, 0.15) is 0 Å². The Bertz CT molecular complexity index is 1110. The maximum absolute atomic E-state index is 11.5. The zero-order valence-corrected chi connectivity index (χ0v) is 16.2. The molecule has 0 saturated heterocycles. The molecule has 0 aliphatic rings. The van der Waals surface area contributed by atoms with Crippen LogP contribution in [0.25, 0.3) is 33.9 Å². The molecule has 1 N–H and O–H groups in total. The molecule has 0 fully saturated rings. The second-order valence-electron chi connectivity index (χ2n) is 6.20. The number of hydrogen-bond donors (Lipinski definition) is 1. The van der Waals surface area contributed by atoms with E-state index < -0.39 is 0 Å². The van der Waals surface area contributed by atoms with Crippen molar-refractivity contribution in [2.45, 2.75) is 0 Å². The zero-order chi connectivity index (χ0) is 20.8. The normalized spacial score (nSPS) is 10.2. The molecular weight excluding hydrogens is 366 g/mol. The molecule has 4 rings (SSSR count). The maximum atomic E-state index is 11.5. The Labute approximate surface area is 168 Å². The van der Waals surface area contributed by atoms with E-state index in [2.05, 4.69) is 0 Å². The van der Waals surface area contributed by atoms with Gasteiger partial charge in [0.2, 0.25) is 0 Å². The smallest absolute Gasteiger partial charge is 0.280 e. The third kappa shape index (κ3) is 3.93. The van der Waals surface area contributed by atoms with Crippen molar-refractivity contribution < 1.29 is 10.0 Å². The van der Waals surface area contributed by atoms with Crippen LogP contribution in [0.4, 0.5) is 5.69 Å². The van der Waals surface area contributed by atoms with Crippen molar-refractivity contribution in [2.75, 3.05) is 7.11 Å². The van der Waals surface area contributed by atoms with Crippen molar-refractivity contribution in [3.63, 3.8) is 0 Å². The second-order valence-corrected chi connectivity index (χ2v) is 6.20. The van der Waals surface area contributed by atoms with Crippen molar-refractivity contribution in [1.29, 1.82) is 0 Å². The first-order chi connectivity index (χ1) is 14.2. The lowest BCUT2D eigenvalue weighted by Crippen LogP contribution is -1.98. The Kier molecular flexibility index (Phi) is 6.16. The van der Waals surface area contributed by atoms with Crippen molar-refractivity contribution >= 4 is 5.69 Å². The average molecular weight is 387 g/mol. The largest absolute Gasteiger partial charge is 0.400 e. The van der Waals surface area contributed by atoms with Crippen LogP contribution in [0.15, 0.2) is 84.9 Å². The molecule has 1 aromatic heterocycles. The highest BCUT2D eigenvalue weighted by Crippen LogP contribution is 2.37. The number of benzene rings is 3. The third-order valence-electron chi connectivity index (χ3n) is 4.53. The Balaban J connectivity index is 0.00000117. The monoisotopic (exact) mass is 387 g/mol. The maximum Gasteiger partial charge on any atom is 0.280 e. The summed E-state index contributed by atoms with van der Waals surface area (Å²) in [6, 6.07) is 26.5. The quantitative estimate of drug-likeness (QED) is 0.397. The second kappa shape index (κ2) is 8.95. The van der Waals surface area contributed by atoms with Gasteiger partial charge in [-0.15, -0.1) is 0 Å². The van der Waals surface area contributed by atoms with Gasteiger partial charge in [-0.25, -0.2) is 4.98 Å². The van der Waals surface area contributed by atoms with E-state index in [4.69, 9.17) is 10.1 Å². The van der Waals surface area contributed by atoms with Crippen molar-refractivity contribution in [3.8, 4) is 33.9 Å². The summed E-state index contributed by atoms with van der Waals surface area (Å²) in [5.74, 6) is 0.569. The van der Waals surface area contributed by atoms with Gasteiger partial charge in [0.25, 0.3) is 5.69 Å². The summed E-state index contributed by atoms with van der Waals surface area (Å²) in [5.41, 5.74) is 4.26. The molecule has 0 aliphatic carbocycles. The Morgan fingerprint density at radius 2 is 1.34 bits per heavy atom. The fourth-order valence-corrected chi connectivity index (χ4v) is 3.29. The van der Waals surface area contributed by atoms with Crippen LogP contribution in [0.2, 0.25) is 0 Å². The summed E-state index contributed by atoms with van der Waals surface area (Å²) >= 11 is 0. The zero-order valence-electron chi connectivity index (χ0n) is 16.2. The fraction of sp³-hybridized carbons (Fsp3) is 0.0870. The van der Waals surface area contributed by atoms with Crippen LogP contribution in [0.5, 0.6) is 0 Å². The first-order valence-electron chi connectivity index (χ1n) is 9.03. The average Bonchev–Trinajstić information content (AvgIpc) is 3.13. The Morgan fingerprint density at radius 1 is 0.828 bits per heavy atom. The van der Waals surface area contributed by atoms with Crippen LogP contribution in [-0.4, -0.2) is 26.7 Å². The van der Waals surface area contributed by atoms with Crippen LogP contribution < -0.4 is 0 Å². The van der Waals surface area contributed by atoms with Crippen LogP contribution in [0, 0.1) is 10.1 Å². The Hall–Kier alpha value is -3.77. The van der Waals surface area contributed by atoms with Crippen LogP contribution in [-0.2, 0) is 7.05 Å². The van der Waals surface area contributed by atoms with E-state index in [1.54, 1.807) is 18.2 Å². The van der Waals surface area contributed by atoms with E-state index in [-0.39, 0.29) is 10.6 Å². The summed E-state index contributed by atoms with van der Waals surface area (Å²) in [6.45, 7) is 0. The highest BCUT2D eigenvalue weighted by Gasteiger charge is 2.23. The number of hydrogen-bond acceptors (Lipinski definition) is 4. The topological polar surface area (TPSA) is 81.2 Å². The number of aliphatic hydroxyl groups is 1. The van der Waals surface area contributed by atoms with Gasteiger partial charge < -0.3 is 9.67 Å². The molecule has 0 amide bonds. The van der Waals surface area contributed by atoms with Crippen molar-refractivity contribution in [3.05, 3.63) is 95.0 Å². The molecule has 4 aromatic rings. The van der Waals surface area contributed by atoms with E-state index in [0.29, 0.717) is 11.4 Å². The van der Waals surface area contributed by atoms with Crippen molar-refractivity contribution in [2.24, 2.45) is 7.05 Å². The molecule has 0 aliphatic heterocycles. The minimum atomic E-state index is -0.367. The number of nitro groups is 1. The molecule has 146 valence electrons. The van der Waals surface area contributed by atoms with E-state index >= 15 is 0 Å². The fourth-order valence-electron chi connectivity index (χ4n) is 3.29. The van der Waals surface area contributed by atoms with E-state index in [1.165, 1.54) is 6.07 Å². The molecule has 3 aromatic carbocycles. The summed E-state index contributed by atoms with van der Waals surface area (Å²) in [7, 11) is 2.90. The first kappa shape index (κ1) is 20.0. The van der Waals surface area contributed by atoms with Gasteiger partial charge in [-0.2, -0.15) is 0 Å². The molecule has 0 bridgehead atoms. The van der Waals surface area contributed by atoms with Gasteiger partial charge >= 0.3 is 0 Å². The minimum absolute atomic E-state index is 0.0461. The van der Waals surface area contributed by atoms with E-state index in [9.17, 15) is 10.1 Å². The number of nitro benzene ring substituents is 1. The Morgan fingerprint density at radius 3 is 1.93 bits per heavy atom. The predicted molar refractivity (Wildman–Crippen MR) is 114 cm³/mol. The lowest BCUT2D eigenvalue weighted by Gasteiger charge is -2.08. The van der Waals surface area contributed by atoms with Gasteiger partial charge in [-0.1, -0.05) is 72.8 Å². The number of rotatable bonds is 4. The van der Waals surface area contributed by atoms with E-state index in [0.717, 1.165) is 29.6 Å². The highest BCUT2D eigenvalue weighted by atomic mass is 16.6. The molecule has 0 atom stereocenters. The first-order valence-corrected chi connectivity index (χ1v) is 9.03. The minimum Gasteiger partial charge on any atom is -0.400 e. The van der Waals surface area contributed by atoms with Gasteiger partial charge in [0.1, 0.15) is 5.82 Å². The lowest BCUT2D eigenvalue weighted by molar-refractivity contribution is -0.384. The standard InChI is InChI=1S/C22H17N3O2.CH4O/c1-24-21(17-12-6-3-7-13-17)20(16-10-4-2-5-11-16)23-22(24)18-14-8-9-15-19(18)25(26)27;1-2/h2-15H,1H3;2H,1H3. The molecule has 0 saturated carbocycles.